The van der Waals surface area contributed by atoms with Crippen molar-refractivity contribution < 1.29 is 14.3 Å². The molecular weight excluding hydrogens is 394 g/mol. The smallest absolute Gasteiger partial charge is 0.274 e. The van der Waals surface area contributed by atoms with E-state index in [0.717, 1.165) is 24.6 Å². The van der Waals surface area contributed by atoms with Crippen molar-refractivity contribution in [2.24, 2.45) is 5.92 Å². The van der Waals surface area contributed by atoms with Crippen molar-refractivity contribution in [1.29, 1.82) is 0 Å². The van der Waals surface area contributed by atoms with Crippen molar-refractivity contribution in [2.45, 2.75) is 38.4 Å². The minimum Gasteiger partial charge on any atom is -0.347 e. The van der Waals surface area contributed by atoms with E-state index in [1.807, 2.05) is 0 Å². The Balaban J connectivity index is 1.42. The zero-order chi connectivity index (χ0) is 20.0. The molecule has 9 nitrogen and oxygen atoms in total. The lowest BCUT2D eigenvalue weighted by Gasteiger charge is -2.37. The SMILES string of the molecule is C[C@H]1CCCN(c2nn3c(C(=O)N4CCC5(CC4)OCCO5)cc(=O)nc3s2)C1. The molecule has 1 amide bonds. The van der Waals surface area contributed by atoms with Crippen LogP contribution in [0.3, 0.4) is 0 Å². The molecule has 29 heavy (non-hydrogen) atoms. The van der Waals surface area contributed by atoms with Gasteiger partial charge < -0.3 is 19.3 Å². The molecule has 10 heteroatoms. The molecule has 156 valence electrons. The van der Waals surface area contributed by atoms with Crippen molar-refractivity contribution in [3.05, 3.63) is 22.1 Å². The van der Waals surface area contributed by atoms with E-state index >= 15 is 0 Å². The molecule has 3 saturated heterocycles. The molecule has 3 aliphatic rings. The number of carbonyl (C=O) groups excluding carboxylic acids is 1. The third kappa shape index (κ3) is 3.53. The lowest BCUT2D eigenvalue weighted by Crippen LogP contribution is -2.47. The van der Waals surface area contributed by atoms with Gasteiger partial charge in [0.1, 0.15) is 5.69 Å². The van der Waals surface area contributed by atoms with Gasteiger partial charge in [-0.3, -0.25) is 9.59 Å². The summed E-state index contributed by atoms with van der Waals surface area (Å²) >= 11 is 1.37. The van der Waals surface area contributed by atoms with E-state index in [2.05, 4.69) is 21.9 Å². The van der Waals surface area contributed by atoms with Crippen LogP contribution in [0.5, 0.6) is 0 Å². The summed E-state index contributed by atoms with van der Waals surface area (Å²) in [5.74, 6) is -0.137. The van der Waals surface area contributed by atoms with Crippen LogP contribution in [0.2, 0.25) is 0 Å². The van der Waals surface area contributed by atoms with Crippen LogP contribution in [0.4, 0.5) is 5.13 Å². The van der Waals surface area contributed by atoms with E-state index in [-0.39, 0.29) is 11.6 Å². The van der Waals surface area contributed by atoms with Crippen LogP contribution in [0.1, 0.15) is 43.1 Å². The highest BCUT2D eigenvalue weighted by Crippen LogP contribution is 2.32. The third-order valence-corrected chi connectivity index (χ3v) is 6.99. The summed E-state index contributed by atoms with van der Waals surface area (Å²) in [5.41, 5.74) is -0.136. The van der Waals surface area contributed by atoms with E-state index in [9.17, 15) is 9.59 Å². The van der Waals surface area contributed by atoms with E-state index in [1.165, 1.54) is 28.3 Å². The number of hydrogen-bond acceptors (Lipinski definition) is 8. The van der Waals surface area contributed by atoms with Crippen LogP contribution >= 0.6 is 11.3 Å². The third-order valence-electron chi connectivity index (χ3n) is 6.02. The monoisotopic (exact) mass is 419 g/mol. The Bertz CT molecular complexity index is 973. The molecule has 1 spiro atoms. The largest absolute Gasteiger partial charge is 0.347 e. The molecule has 2 aromatic heterocycles. The van der Waals surface area contributed by atoms with E-state index < -0.39 is 11.3 Å². The van der Waals surface area contributed by atoms with Gasteiger partial charge in [0.25, 0.3) is 11.5 Å². The first-order valence-corrected chi connectivity index (χ1v) is 11.1. The first-order chi connectivity index (χ1) is 14.0. The van der Waals surface area contributed by atoms with E-state index in [1.54, 1.807) is 4.90 Å². The minimum atomic E-state index is -0.542. The Kier molecular flexibility index (Phi) is 4.79. The van der Waals surface area contributed by atoms with Crippen molar-refractivity contribution in [3.63, 3.8) is 0 Å². The second kappa shape index (κ2) is 7.33. The summed E-state index contributed by atoms with van der Waals surface area (Å²) in [4.78, 5) is 33.9. The summed E-state index contributed by atoms with van der Waals surface area (Å²) in [5, 5.41) is 5.48. The molecular formula is C19H25N5O4S. The van der Waals surface area contributed by atoms with Gasteiger partial charge in [-0.2, -0.15) is 9.50 Å². The molecule has 3 aliphatic heterocycles. The molecule has 5 heterocycles. The Morgan fingerprint density at radius 3 is 2.72 bits per heavy atom. The Hall–Kier alpha value is -2.04. The van der Waals surface area contributed by atoms with Gasteiger partial charge in [0.2, 0.25) is 10.1 Å². The fourth-order valence-electron chi connectivity index (χ4n) is 4.45. The van der Waals surface area contributed by atoms with Gasteiger partial charge in [-0.25, -0.2) is 0 Å². The summed E-state index contributed by atoms with van der Waals surface area (Å²) in [6, 6.07) is 1.30. The zero-order valence-electron chi connectivity index (χ0n) is 16.5. The molecule has 0 aliphatic carbocycles. The van der Waals surface area contributed by atoms with Gasteiger partial charge in [0.15, 0.2) is 5.79 Å². The maximum Gasteiger partial charge on any atom is 0.274 e. The minimum absolute atomic E-state index is 0.198. The molecule has 2 aromatic rings. The van der Waals surface area contributed by atoms with E-state index in [0.29, 0.717) is 50.0 Å². The molecule has 3 fully saturated rings. The molecule has 0 saturated carbocycles. The summed E-state index contributed by atoms with van der Waals surface area (Å²) < 4.78 is 13.0. The zero-order valence-corrected chi connectivity index (χ0v) is 17.3. The van der Waals surface area contributed by atoms with Crippen molar-refractivity contribution in [1.82, 2.24) is 19.5 Å². The van der Waals surface area contributed by atoms with Crippen LogP contribution in [-0.4, -0.2) is 70.6 Å². The highest BCUT2D eigenvalue weighted by molar-refractivity contribution is 7.20. The number of rotatable bonds is 2. The van der Waals surface area contributed by atoms with Gasteiger partial charge in [-0.05, 0) is 18.8 Å². The first-order valence-electron chi connectivity index (χ1n) is 10.3. The van der Waals surface area contributed by atoms with Crippen LogP contribution in [0.25, 0.3) is 4.96 Å². The van der Waals surface area contributed by atoms with Gasteiger partial charge in [0, 0.05) is 45.1 Å². The first kappa shape index (κ1) is 19.0. The molecule has 0 bridgehead atoms. The van der Waals surface area contributed by atoms with E-state index in [4.69, 9.17) is 9.47 Å². The number of hydrogen-bond donors (Lipinski definition) is 0. The number of ether oxygens (including phenoxy) is 2. The number of piperidine rings is 2. The summed E-state index contributed by atoms with van der Waals surface area (Å²) in [7, 11) is 0. The Morgan fingerprint density at radius 2 is 2.00 bits per heavy atom. The molecule has 5 rings (SSSR count). The number of fused-ring (bicyclic) bond motifs is 1. The van der Waals surface area contributed by atoms with Crippen LogP contribution in [0.15, 0.2) is 10.9 Å². The van der Waals surface area contributed by atoms with Crippen LogP contribution < -0.4 is 10.5 Å². The number of likely N-dealkylation sites (tertiary alicyclic amines) is 1. The van der Waals surface area contributed by atoms with Crippen LogP contribution in [-0.2, 0) is 9.47 Å². The maximum absolute atomic E-state index is 13.2. The molecule has 0 aromatic carbocycles. The van der Waals surface area contributed by atoms with Crippen molar-refractivity contribution >= 4 is 27.3 Å². The van der Waals surface area contributed by atoms with Crippen molar-refractivity contribution in [2.75, 3.05) is 44.3 Å². The molecule has 0 radical (unpaired) electrons. The van der Waals surface area contributed by atoms with Gasteiger partial charge in [-0.15, -0.1) is 5.10 Å². The second-order valence-electron chi connectivity index (χ2n) is 8.15. The fourth-order valence-corrected chi connectivity index (χ4v) is 5.39. The molecule has 0 N–H and O–H groups in total. The quantitative estimate of drug-likeness (QED) is 0.726. The molecule has 0 unspecified atom stereocenters. The average molecular weight is 420 g/mol. The molecule has 1 atom stereocenters. The second-order valence-corrected chi connectivity index (χ2v) is 9.09. The number of aromatic nitrogens is 3. The Labute approximate surface area is 172 Å². The fraction of sp³-hybridized carbons (Fsp3) is 0.684. The summed E-state index contributed by atoms with van der Waals surface area (Å²) in [6.07, 6.45) is 3.60. The lowest BCUT2D eigenvalue weighted by atomic mass is 10.0. The number of nitrogens with zero attached hydrogens (tertiary/aromatic N) is 5. The predicted octanol–water partition coefficient (Wildman–Crippen LogP) is 1.37. The highest BCUT2D eigenvalue weighted by atomic mass is 32.1. The summed E-state index contributed by atoms with van der Waals surface area (Å²) in [6.45, 7) is 6.36. The maximum atomic E-state index is 13.2. The van der Waals surface area contributed by atoms with Crippen molar-refractivity contribution in [3.8, 4) is 0 Å². The standard InChI is InChI=1S/C19H25N5O4S/c1-13-3-2-6-23(12-13)18-21-24-14(11-15(25)20-17(24)29-18)16(26)22-7-4-19(5-8-22)27-9-10-28-19/h11,13H,2-10,12H2,1H3/t13-/m0/s1. The highest BCUT2D eigenvalue weighted by Gasteiger charge is 2.41. The van der Waals surface area contributed by atoms with Crippen LogP contribution in [0, 0.1) is 5.92 Å². The number of anilines is 1. The van der Waals surface area contributed by atoms with Gasteiger partial charge in [-0.1, -0.05) is 18.3 Å². The topological polar surface area (TPSA) is 89.3 Å². The normalized spacial score (nSPS) is 24.5. The Morgan fingerprint density at radius 1 is 1.24 bits per heavy atom. The number of amides is 1. The van der Waals surface area contributed by atoms with Gasteiger partial charge in [0.05, 0.1) is 13.2 Å². The van der Waals surface area contributed by atoms with Gasteiger partial charge >= 0.3 is 0 Å². The number of carbonyl (C=O) groups is 1. The predicted molar refractivity (Wildman–Crippen MR) is 108 cm³/mol. The lowest BCUT2D eigenvalue weighted by molar-refractivity contribution is -0.181. The average Bonchev–Trinajstić information content (AvgIpc) is 3.35.